The van der Waals surface area contributed by atoms with Crippen LogP contribution in [0.25, 0.3) is 0 Å². The summed E-state index contributed by atoms with van der Waals surface area (Å²) in [5.41, 5.74) is 0. The van der Waals surface area contributed by atoms with Gasteiger partial charge in [0.15, 0.2) is 0 Å². The molecule has 0 spiro atoms. The third-order valence-corrected chi connectivity index (χ3v) is 1.68. The standard InChI is InChI=1S/C6H11NO/c8-7-5-6-3-1-2-4-6/h5-6,8H,1-4H2/b7-5-. The Morgan fingerprint density at radius 1 is 1.38 bits per heavy atom. The second-order valence-electron chi connectivity index (χ2n) is 2.31. The molecule has 2 nitrogen and oxygen atoms in total. The SMILES string of the molecule is O/N=C\C1CCCC1. The average molecular weight is 113 g/mol. The molecule has 1 rings (SSSR count). The maximum atomic E-state index is 8.10. The lowest BCUT2D eigenvalue weighted by atomic mass is 10.1. The van der Waals surface area contributed by atoms with Crippen LogP contribution in [0.1, 0.15) is 25.7 Å². The third kappa shape index (κ3) is 1.22. The highest BCUT2D eigenvalue weighted by molar-refractivity contribution is 5.60. The molecule has 0 radical (unpaired) electrons. The summed E-state index contributed by atoms with van der Waals surface area (Å²) in [6.07, 6.45) is 6.68. The molecule has 1 aliphatic rings. The second-order valence-corrected chi connectivity index (χ2v) is 2.31. The van der Waals surface area contributed by atoms with Crippen molar-refractivity contribution in [3.8, 4) is 0 Å². The van der Waals surface area contributed by atoms with E-state index in [0.29, 0.717) is 5.92 Å². The summed E-state index contributed by atoms with van der Waals surface area (Å²) in [5, 5.41) is 11.1. The van der Waals surface area contributed by atoms with Crippen LogP contribution in [0.4, 0.5) is 0 Å². The molecule has 1 saturated carbocycles. The lowest BCUT2D eigenvalue weighted by Gasteiger charge is -1.94. The molecule has 0 aliphatic heterocycles. The van der Waals surface area contributed by atoms with Gasteiger partial charge < -0.3 is 5.21 Å². The smallest absolute Gasteiger partial charge is 0.0466 e. The van der Waals surface area contributed by atoms with Crippen LogP contribution in [-0.2, 0) is 0 Å². The van der Waals surface area contributed by atoms with Gasteiger partial charge in [0, 0.05) is 6.21 Å². The van der Waals surface area contributed by atoms with E-state index in [1.165, 1.54) is 25.7 Å². The van der Waals surface area contributed by atoms with Crippen molar-refractivity contribution < 1.29 is 5.21 Å². The predicted octanol–water partition coefficient (Wildman–Crippen LogP) is 1.64. The van der Waals surface area contributed by atoms with Crippen molar-refractivity contribution in [3.63, 3.8) is 0 Å². The highest BCUT2D eigenvalue weighted by atomic mass is 16.4. The average Bonchev–Trinajstić information content (AvgIpc) is 2.19. The summed E-state index contributed by atoms with van der Waals surface area (Å²) in [5.74, 6) is 0.569. The number of rotatable bonds is 1. The highest BCUT2D eigenvalue weighted by Crippen LogP contribution is 2.22. The number of nitrogens with zero attached hydrogens (tertiary/aromatic N) is 1. The van der Waals surface area contributed by atoms with E-state index in [1.807, 2.05) is 0 Å². The van der Waals surface area contributed by atoms with Gasteiger partial charge in [-0.05, 0) is 18.8 Å². The van der Waals surface area contributed by atoms with Crippen molar-refractivity contribution in [1.29, 1.82) is 0 Å². The van der Waals surface area contributed by atoms with Crippen LogP contribution in [0.5, 0.6) is 0 Å². The number of hydrogen-bond acceptors (Lipinski definition) is 2. The van der Waals surface area contributed by atoms with Gasteiger partial charge in [0.1, 0.15) is 0 Å². The maximum Gasteiger partial charge on any atom is 0.0466 e. The Balaban J connectivity index is 2.24. The first kappa shape index (κ1) is 5.60. The van der Waals surface area contributed by atoms with Crippen LogP contribution in [0.15, 0.2) is 5.16 Å². The minimum absolute atomic E-state index is 0.569. The molecule has 8 heavy (non-hydrogen) atoms. The third-order valence-electron chi connectivity index (χ3n) is 1.68. The Labute approximate surface area is 49.2 Å². The van der Waals surface area contributed by atoms with Gasteiger partial charge in [0.2, 0.25) is 0 Å². The minimum atomic E-state index is 0.569. The Hall–Kier alpha value is -0.530. The molecule has 0 saturated heterocycles. The van der Waals surface area contributed by atoms with E-state index < -0.39 is 0 Å². The van der Waals surface area contributed by atoms with Crippen LogP contribution in [0.3, 0.4) is 0 Å². The molecule has 0 aromatic rings. The quantitative estimate of drug-likeness (QED) is 0.313. The maximum absolute atomic E-state index is 8.10. The number of hydrogen-bond donors (Lipinski definition) is 1. The zero-order chi connectivity index (χ0) is 5.82. The van der Waals surface area contributed by atoms with Gasteiger partial charge in [-0.25, -0.2) is 0 Å². The summed E-state index contributed by atoms with van der Waals surface area (Å²) in [6.45, 7) is 0. The highest BCUT2D eigenvalue weighted by Gasteiger charge is 2.11. The van der Waals surface area contributed by atoms with Crippen LogP contribution in [-0.4, -0.2) is 11.4 Å². The molecule has 1 fully saturated rings. The molecule has 0 aromatic carbocycles. The lowest BCUT2D eigenvalue weighted by Crippen LogP contribution is -1.92. The zero-order valence-corrected chi connectivity index (χ0v) is 4.88. The minimum Gasteiger partial charge on any atom is -0.411 e. The molecule has 0 amide bonds. The fourth-order valence-electron chi connectivity index (χ4n) is 1.20. The van der Waals surface area contributed by atoms with E-state index >= 15 is 0 Å². The van der Waals surface area contributed by atoms with Crippen molar-refractivity contribution in [2.24, 2.45) is 11.1 Å². The Bertz CT molecular complexity index is 84.5. The Morgan fingerprint density at radius 2 is 2.00 bits per heavy atom. The van der Waals surface area contributed by atoms with E-state index in [1.54, 1.807) is 6.21 Å². The molecular formula is C6H11NO. The molecule has 0 unspecified atom stereocenters. The normalized spacial score (nSPS) is 23.0. The predicted molar refractivity (Wildman–Crippen MR) is 32.2 cm³/mol. The first-order chi connectivity index (χ1) is 3.93. The van der Waals surface area contributed by atoms with Gasteiger partial charge in [-0.15, -0.1) is 5.16 Å². The van der Waals surface area contributed by atoms with Crippen LogP contribution < -0.4 is 0 Å². The van der Waals surface area contributed by atoms with E-state index in [9.17, 15) is 0 Å². The van der Waals surface area contributed by atoms with Gasteiger partial charge in [0.05, 0.1) is 0 Å². The van der Waals surface area contributed by atoms with Gasteiger partial charge in [-0.2, -0.15) is 0 Å². The largest absolute Gasteiger partial charge is 0.411 e. The van der Waals surface area contributed by atoms with Crippen LogP contribution in [0.2, 0.25) is 0 Å². The lowest BCUT2D eigenvalue weighted by molar-refractivity contribution is 0.318. The first-order valence-electron chi connectivity index (χ1n) is 3.11. The van der Waals surface area contributed by atoms with Gasteiger partial charge in [-0.3, -0.25) is 0 Å². The molecule has 0 aromatic heterocycles. The van der Waals surface area contributed by atoms with Crippen LogP contribution >= 0.6 is 0 Å². The van der Waals surface area contributed by atoms with Crippen molar-refractivity contribution >= 4 is 6.21 Å². The molecule has 1 aliphatic carbocycles. The van der Waals surface area contributed by atoms with Crippen molar-refractivity contribution in [2.45, 2.75) is 25.7 Å². The summed E-state index contributed by atoms with van der Waals surface area (Å²) in [4.78, 5) is 0. The summed E-state index contributed by atoms with van der Waals surface area (Å²) in [6, 6.07) is 0. The van der Waals surface area contributed by atoms with E-state index in [0.717, 1.165) is 0 Å². The second kappa shape index (κ2) is 2.70. The topological polar surface area (TPSA) is 32.6 Å². The summed E-state index contributed by atoms with van der Waals surface area (Å²) < 4.78 is 0. The van der Waals surface area contributed by atoms with Gasteiger partial charge in [0.25, 0.3) is 0 Å². The Kier molecular flexibility index (Phi) is 1.89. The molecule has 0 atom stereocenters. The molecule has 0 bridgehead atoms. The molecule has 46 valence electrons. The fourth-order valence-corrected chi connectivity index (χ4v) is 1.20. The summed E-state index contributed by atoms with van der Waals surface area (Å²) in [7, 11) is 0. The molecule has 1 N–H and O–H groups in total. The molecular weight excluding hydrogens is 102 g/mol. The van der Waals surface area contributed by atoms with Crippen molar-refractivity contribution in [3.05, 3.63) is 0 Å². The van der Waals surface area contributed by atoms with Gasteiger partial charge >= 0.3 is 0 Å². The molecule has 0 heterocycles. The number of oxime groups is 1. The van der Waals surface area contributed by atoms with E-state index in [-0.39, 0.29) is 0 Å². The monoisotopic (exact) mass is 113 g/mol. The summed E-state index contributed by atoms with van der Waals surface area (Å²) >= 11 is 0. The first-order valence-corrected chi connectivity index (χ1v) is 3.11. The van der Waals surface area contributed by atoms with Crippen molar-refractivity contribution in [1.82, 2.24) is 0 Å². The fraction of sp³-hybridized carbons (Fsp3) is 0.833. The zero-order valence-electron chi connectivity index (χ0n) is 4.88. The van der Waals surface area contributed by atoms with Gasteiger partial charge in [-0.1, -0.05) is 12.8 Å². The van der Waals surface area contributed by atoms with E-state index in [4.69, 9.17) is 5.21 Å². The Morgan fingerprint density at radius 3 is 2.50 bits per heavy atom. The van der Waals surface area contributed by atoms with Crippen molar-refractivity contribution in [2.75, 3.05) is 0 Å². The van der Waals surface area contributed by atoms with E-state index in [2.05, 4.69) is 5.16 Å². The van der Waals surface area contributed by atoms with Crippen LogP contribution in [0, 0.1) is 5.92 Å². The molecule has 2 heteroatoms.